The monoisotopic (exact) mass is 358 g/mol. The summed E-state index contributed by atoms with van der Waals surface area (Å²) in [5.41, 5.74) is 1.45. The second kappa shape index (κ2) is 9.56. The van der Waals surface area contributed by atoms with E-state index in [0.29, 0.717) is 42.0 Å². The summed E-state index contributed by atoms with van der Waals surface area (Å²) in [6.07, 6.45) is 0. The summed E-state index contributed by atoms with van der Waals surface area (Å²) in [5, 5.41) is 5.65. The fourth-order valence-electron chi connectivity index (χ4n) is 2.39. The number of rotatable bonds is 8. The van der Waals surface area contributed by atoms with Gasteiger partial charge in [0.2, 0.25) is 0 Å². The number of amides is 2. The Hall–Kier alpha value is -2.89. The zero-order chi connectivity index (χ0) is 18.9. The van der Waals surface area contributed by atoms with Crippen molar-refractivity contribution in [2.24, 2.45) is 5.92 Å². The Bertz CT molecular complexity index is 732. The maximum absolute atomic E-state index is 12.3. The third kappa shape index (κ3) is 5.31. The summed E-state index contributed by atoms with van der Waals surface area (Å²) < 4.78 is 16.4. The molecule has 6 nitrogen and oxygen atoms in total. The highest BCUT2D eigenvalue weighted by atomic mass is 16.5. The molecule has 0 aliphatic rings. The van der Waals surface area contributed by atoms with E-state index in [1.54, 1.807) is 20.3 Å². The van der Waals surface area contributed by atoms with E-state index in [0.717, 1.165) is 5.56 Å². The lowest BCUT2D eigenvalue weighted by Gasteiger charge is -2.15. The molecular formula is C20H26N2O4. The van der Waals surface area contributed by atoms with E-state index in [-0.39, 0.29) is 6.03 Å². The van der Waals surface area contributed by atoms with Gasteiger partial charge in [-0.2, -0.15) is 0 Å². The van der Waals surface area contributed by atoms with Crippen LogP contribution in [-0.4, -0.2) is 26.9 Å². The molecule has 0 bridgehead atoms. The molecule has 0 saturated carbocycles. The predicted octanol–water partition coefficient (Wildman–Crippen LogP) is 4.06. The van der Waals surface area contributed by atoms with Crippen molar-refractivity contribution in [1.82, 2.24) is 5.32 Å². The molecule has 0 radical (unpaired) electrons. The first-order valence-electron chi connectivity index (χ1n) is 8.51. The Morgan fingerprint density at radius 2 is 1.73 bits per heavy atom. The molecule has 0 atom stereocenters. The number of carbonyl (C=O) groups excluding carboxylic acids is 1. The number of anilines is 1. The lowest BCUT2D eigenvalue weighted by atomic mass is 10.2. The van der Waals surface area contributed by atoms with E-state index < -0.39 is 0 Å². The molecule has 26 heavy (non-hydrogen) atoms. The number of methoxy groups -OCH3 is 2. The topological polar surface area (TPSA) is 68.8 Å². The van der Waals surface area contributed by atoms with Crippen molar-refractivity contribution >= 4 is 11.7 Å². The van der Waals surface area contributed by atoms with Gasteiger partial charge in [0, 0.05) is 12.1 Å². The van der Waals surface area contributed by atoms with Crippen molar-refractivity contribution in [2.75, 3.05) is 26.1 Å². The van der Waals surface area contributed by atoms with E-state index >= 15 is 0 Å². The van der Waals surface area contributed by atoms with Gasteiger partial charge >= 0.3 is 6.03 Å². The van der Waals surface area contributed by atoms with Gasteiger partial charge in [-0.3, -0.25) is 0 Å². The van der Waals surface area contributed by atoms with Gasteiger partial charge in [0.25, 0.3) is 0 Å². The molecule has 0 spiro atoms. The van der Waals surface area contributed by atoms with Crippen molar-refractivity contribution in [3.63, 3.8) is 0 Å². The highest BCUT2D eigenvalue weighted by molar-refractivity contribution is 5.90. The average Bonchev–Trinajstić information content (AvgIpc) is 2.65. The van der Waals surface area contributed by atoms with Crippen LogP contribution in [0.1, 0.15) is 19.4 Å². The number of hydrogen-bond acceptors (Lipinski definition) is 4. The van der Waals surface area contributed by atoms with Crippen LogP contribution in [0, 0.1) is 5.92 Å². The number of hydrogen-bond donors (Lipinski definition) is 2. The smallest absolute Gasteiger partial charge is 0.319 e. The highest BCUT2D eigenvalue weighted by Gasteiger charge is 2.12. The Morgan fingerprint density at radius 3 is 2.42 bits per heavy atom. The molecule has 2 N–H and O–H groups in total. The number of nitrogens with one attached hydrogen (secondary N) is 2. The van der Waals surface area contributed by atoms with Crippen LogP contribution in [-0.2, 0) is 6.54 Å². The summed E-state index contributed by atoms with van der Waals surface area (Å²) in [6, 6.07) is 12.6. The normalized spacial score (nSPS) is 10.3. The molecule has 0 aliphatic heterocycles. The van der Waals surface area contributed by atoms with Gasteiger partial charge in [0.15, 0.2) is 11.5 Å². The van der Waals surface area contributed by atoms with E-state index in [1.165, 1.54) is 0 Å². The number of ether oxygens (including phenoxy) is 3. The zero-order valence-electron chi connectivity index (χ0n) is 15.7. The molecular weight excluding hydrogens is 332 g/mol. The van der Waals surface area contributed by atoms with Crippen LogP contribution in [0.5, 0.6) is 17.2 Å². The molecule has 0 aliphatic carbocycles. The Kier molecular flexibility index (Phi) is 7.14. The minimum atomic E-state index is -0.324. The molecule has 0 fully saturated rings. The summed E-state index contributed by atoms with van der Waals surface area (Å²) in [6.45, 7) is 5.04. The third-order valence-electron chi connectivity index (χ3n) is 3.63. The molecule has 2 amide bonds. The quantitative estimate of drug-likeness (QED) is 0.747. The van der Waals surface area contributed by atoms with Gasteiger partial charge in [-0.1, -0.05) is 38.1 Å². The number of carbonyl (C=O) groups is 1. The molecule has 140 valence electrons. The van der Waals surface area contributed by atoms with Crippen LogP contribution in [0.15, 0.2) is 42.5 Å². The first-order valence-corrected chi connectivity index (χ1v) is 8.51. The molecule has 6 heteroatoms. The summed E-state index contributed by atoms with van der Waals surface area (Å²) in [7, 11) is 3.15. The van der Waals surface area contributed by atoms with Gasteiger partial charge in [-0.15, -0.1) is 0 Å². The second-order valence-electron chi connectivity index (χ2n) is 6.16. The maximum Gasteiger partial charge on any atom is 0.319 e. The summed E-state index contributed by atoms with van der Waals surface area (Å²) in [5.74, 6) is 2.28. The average molecular weight is 358 g/mol. The van der Waals surface area contributed by atoms with Crippen LogP contribution in [0.2, 0.25) is 0 Å². The third-order valence-corrected chi connectivity index (χ3v) is 3.63. The van der Waals surface area contributed by atoms with Gasteiger partial charge in [0.05, 0.1) is 26.5 Å². The van der Waals surface area contributed by atoms with Crippen LogP contribution < -0.4 is 24.8 Å². The lowest BCUT2D eigenvalue weighted by molar-refractivity contribution is 0.250. The number of benzene rings is 2. The Labute approximate surface area is 154 Å². The fourth-order valence-corrected chi connectivity index (χ4v) is 2.39. The molecule has 0 heterocycles. The van der Waals surface area contributed by atoms with E-state index in [1.807, 2.05) is 36.4 Å². The molecule has 0 unspecified atom stereocenters. The maximum atomic E-state index is 12.3. The van der Waals surface area contributed by atoms with Crippen LogP contribution >= 0.6 is 0 Å². The van der Waals surface area contributed by atoms with Gasteiger partial charge in [0.1, 0.15) is 5.75 Å². The number of urea groups is 1. The minimum Gasteiger partial charge on any atom is -0.493 e. The first-order chi connectivity index (χ1) is 12.5. The van der Waals surface area contributed by atoms with E-state index in [4.69, 9.17) is 14.2 Å². The second-order valence-corrected chi connectivity index (χ2v) is 6.16. The largest absolute Gasteiger partial charge is 0.493 e. The molecule has 2 aromatic rings. The van der Waals surface area contributed by atoms with Crippen LogP contribution in [0.3, 0.4) is 0 Å². The van der Waals surface area contributed by atoms with Gasteiger partial charge < -0.3 is 24.8 Å². The van der Waals surface area contributed by atoms with E-state index in [2.05, 4.69) is 24.5 Å². The molecule has 2 rings (SSSR count). The van der Waals surface area contributed by atoms with Crippen molar-refractivity contribution in [3.8, 4) is 17.2 Å². The fraction of sp³-hybridized carbons (Fsp3) is 0.350. The molecule has 0 saturated heterocycles. The SMILES string of the molecule is COc1cccc(CNC(=O)Nc2ccccc2OCC(C)C)c1OC. The zero-order valence-corrected chi connectivity index (χ0v) is 15.7. The first kappa shape index (κ1) is 19.4. The lowest BCUT2D eigenvalue weighted by Crippen LogP contribution is -2.28. The molecule has 2 aromatic carbocycles. The van der Waals surface area contributed by atoms with Gasteiger partial charge in [-0.25, -0.2) is 4.79 Å². The van der Waals surface area contributed by atoms with Crippen molar-refractivity contribution in [3.05, 3.63) is 48.0 Å². The predicted molar refractivity (Wildman–Crippen MR) is 102 cm³/mol. The van der Waals surface area contributed by atoms with Crippen LogP contribution in [0.25, 0.3) is 0 Å². The standard InChI is InChI=1S/C20H26N2O4/c1-14(2)13-26-17-10-6-5-9-16(17)22-20(23)21-12-15-8-7-11-18(24-3)19(15)25-4/h5-11,14H,12-13H2,1-4H3,(H2,21,22,23). The van der Waals surface area contributed by atoms with Crippen molar-refractivity contribution in [1.29, 1.82) is 0 Å². The Morgan fingerprint density at radius 1 is 1.00 bits per heavy atom. The summed E-state index contributed by atoms with van der Waals surface area (Å²) >= 11 is 0. The van der Waals surface area contributed by atoms with Crippen molar-refractivity contribution < 1.29 is 19.0 Å². The number of para-hydroxylation sites is 3. The van der Waals surface area contributed by atoms with Crippen LogP contribution in [0.4, 0.5) is 10.5 Å². The highest BCUT2D eigenvalue weighted by Crippen LogP contribution is 2.30. The summed E-state index contributed by atoms with van der Waals surface area (Å²) in [4.78, 5) is 12.3. The van der Waals surface area contributed by atoms with Gasteiger partial charge in [-0.05, 0) is 24.1 Å². The van der Waals surface area contributed by atoms with E-state index in [9.17, 15) is 4.79 Å². The van der Waals surface area contributed by atoms with Crippen molar-refractivity contribution in [2.45, 2.75) is 20.4 Å². The molecule has 0 aromatic heterocycles. The Balaban J connectivity index is 2.00. The minimum absolute atomic E-state index is 0.307.